The summed E-state index contributed by atoms with van der Waals surface area (Å²) in [5.74, 6) is 0.993. The third-order valence-electron chi connectivity index (χ3n) is 5.69. The highest BCUT2D eigenvalue weighted by molar-refractivity contribution is 14.0. The number of ether oxygens (including phenoxy) is 1. The Hall–Kier alpha value is 0.270. The number of likely N-dealkylation sites (tertiary alicyclic amines) is 1. The van der Waals surface area contributed by atoms with Gasteiger partial charge in [-0.15, -0.1) is 24.0 Å². The molecule has 2 N–H and O–H groups in total. The van der Waals surface area contributed by atoms with E-state index in [-0.39, 0.29) is 28.7 Å². The van der Waals surface area contributed by atoms with Crippen LogP contribution >= 0.6 is 35.7 Å². The molecule has 0 aromatic carbocycles. The van der Waals surface area contributed by atoms with Gasteiger partial charge in [-0.2, -0.15) is 11.8 Å². The molecule has 2 unspecified atom stereocenters. The van der Waals surface area contributed by atoms with E-state index in [0.29, 0.717) is 12.1 Å². The fourth-order valence-corrected chi connectivity index (χ4v) is 4.75. The first-order valence-corrected chi connectivity index (χ1v) is 10.8. The molecule has 3 aliphatic rings. The lowest BCUT2D eigenvalue weighted by molar-refractivity contribution is 0.0794. The van der Waals surface area contributed by atoms with Crippen LogP contribution in [0.3, 0.4) is 0 Å². The SMILES string of the molecule is CCNC(=NCC1(SC)CCOCC1)NC1CC(C)N(C2CC2)C1.I. The Labute approximate surface area is 174 Å². The van der Waals surface area contributed by atoms with Gasteiger partial charge in [0.15, 0.2) is 5.96 Å². The average Bonchev–Trinajstić information content (AvgIpc) is 3.37. The average molecular weight is 482 g/mol. The fraction of sp³-hybridized carbons (Fsp3) is 0.944. The Morgan fingerprint density at radius 2 is 2.04 bits per heavy atom. The number of guanidine groups is 1. The van der Waals surface area contributed by atoms with Crippen LogP contribution in [0.15, 0.2) is 4.99 Å². The number of hydrogen-bond donors (Lipinski definition) is 2. The van der Waals surface area contributed by atoms with Gasteiger partial charge in [-0.1, -0.05) is 0 Å². The maximum Gasteiger partial charge on any atom is 0.191 e. The van der Waals surface area contributed by atoms with E-state index in [1.807, 2.05) is 11.8 Å². The fourth-order valence-electron chi connectivity index (χ4n) is 3.98. The lowest BCUT2D eigenvalue weighted by atomic mass is 9.99. The van der Waals surface area contributed by atoms with Crippen LogP contribution in [0.1, 0.15) is 46.0 Å². The summed E-state index contributed by atoms with van der Waals surface area (Å²) in [6.07, 6.45) is 8.43. The monoisotopic (exact) mass is 482 g/mol. The zero-order chi connectivity index (χ0) is 17.0. The largest absolute Gasteiger partial charge is 0.381 e. The summed E-state index contributed by atoms with van der Waals surface area (Å²) in [7, 11) is 0. The lowest BCUT2D eigenvalue weighted by Crippen LogP contribution is -2.46. The minimum atomic E-state index is 0. The first-order chi connectivity index (χ1) is 11.7. The Morgan fingerprint density at radius 3 is 2.64 bits per heavy atom. The minimum absolute atomic E-state index is 0. The molecule has 0 aromatic rings. The van der Waals surface area contributed by atoms with E-state index in [2.05, 4.69) is 35.6 Å². The van der Waals surface area contributed by atoms with Crippen molar-refractivity contribution in [3.05, 3.63) is 0 Å². The number of aliphatic imine (C=N–C) groups is 1. The van der Waals surface area contributed by atoms with E-state index in [4.69, 9.17) is 9.73 Å². The molecule has 0 aromatic heterocycles. The van der Waals surface area contributed by atoms with Crippen molar-refractivity contribution >= 4 is 41.7 Å². The molecule has 3 fully saturated rings. The van der Waals surface area contributed by atoms with E-state index in [1.54, 1.807) is 0 Å². The van der Waals surface area contributed by atoms with Gasteiger partial charge in [0, 0.05) is 49.2 Å². The van der Waals surface area contributed by atoms with Gasteiger partial charge in [0.25, 0.3) is 0 Å². The summed E-state index contributed by atoms with van der Waals surface area (Å²) in [5.41, 5.74) is 0. The van der Waals surface area contributed by atoms with Crippen molar-refractivity contribution < 1.29 is 4.74 Å². The van der Waals surface area contributed by atoms with Crippen molar-refractivity contribution in [2.24, 2.45) is 4.99 Å². The third-order valence-corrected chi connectivity index (χ3v) is 7.09. The number of rotatable bonds is 6. The molecule has 1 aliphatic carbocycles. The first-order valence-electron chi connectivity index (χ1n) is 9.59. The van der Waals surface area contributed by atoms with E-state index >= 15 is 0 Å². The van der Waals surface area contributed by atoms with Gasteiger partial charge in [0.1, 0.15) is 0 Å². The maximum atomic E-state index is 5.54. The van der Waals surface area contributed by atoms with Crippen LogP contribution in [0.5, 0.6) is 0 Å². The Kier molecular flexibility index (Phi) is 8.62. The quantitative estimate of drug-likeness (QED) is 0.347. The number of nitrogens with one attached hydrogen (secondary N) is 2. The third kappa shape index (κ3) is 5.87. The number of nitrogens with zero attached hydrogens (tertiary/aromatic N) is 2. The van der Waals surface area contributed by atoms with E-state index in [1.165, 1.54) is 19.3 Å². The molecule has 1 saturated carbocycles. The van der Waals surface area contributed by atoms with Gasteiger partial charge < -0.3 is 15.4 Å². The summed E-state index contributed by atoms with van der Waals surface area (Å²) in [6.45, 7) is 9.21. The van der Waals surface area contributed by atoms with Crippen LogP contribution in [0, 0.1) is 0 Å². The summed E-state index contributed by atoms with van der Waals surface area (Å²) >= 11 is 1.96. The van der Waals surface area contributed by atoms with Crippen molar-refractivity contribution in [1.29, 1.82) is 0 Å². The van der Waals surface area contributed by atoms with E-state index < -0.39 is 0 Å². The molecule has 2 atom stereocenters. The first kappa shape index (κ1) is 21.6. The standard InChI is InChI=1S/C18H34N4OS.HI/c1-4-19-17(20-13-18(24-3)7-9-23-10-8-18)21-15-11-14(2)22(12-15)16-5-6-16;/h14-16H,4-13H2,1-3H3,(H2,19,20,21);1H. The molecule has 0 amide bonds. The topological polar surface area (TPSA) is 48.9 Å². The van der Waals surface area contributed by atoms with Crippen molar-refractivity contribution in [3.8, 4) is 0 Å². The second-order valence-corrected chi connectivity index (χ2v) is 8.82. The van der Waals surface area contributed by atoms with Crippen LogP contribution in [0.25, 0.3) is 0 Å². The van der Waals surface area contributed by atoms with Crippen LogP contribution in [-0.4, -0.2) is 72.8 Å². The molecule has 3 rings (SSSR count). The van der Waals surface area contributed by atoms with Crippen molar-refractivity contribution in [1.82, 2.24) is 15.5 Å². The highest BCUT2D eigenvalue weighted by Crippen LogP contribution is 2.34. The van der Waals surface area contributed by atoms with Crippen LogP contribution < -0.4 is 10.6 Å². The molecule has 25 heavy (non-hydrogen) atoms. The summed E-state index contributed by atoms with van der Waals surface area (Å²) in [4.78, 5) is 7.64. The smallest absolute Gasteiger partial charge is 0.191 e. The van der Waals surface area contributed by atoms with Crippen LogP contribution in [0.4, 0.5) is 0 Å². The molecule has 2 aliphatic heterocycles. The molecular formula is C18H35IN4OS. The second-order valence-electron chi connectivity index (χ2n) is 7.55. The molecule has 0 bridgehead atoms. The van der Waals surface area contributed by atoms with Crippen molar-refractivity contribution in [3.63, 3.8) is 0 Å². The summed E-state index contributed by atoms with van der Waals surface area (Å²) in [5, 5.41) is 7.14. The van der Waals surface area contributed by atoms with Gasteiger partial charge in [0.05, 0.1) is 6.54 Å². The molecule has 146 valence electrons. The van der Waals surface area contributed by atoms with Gasteiger partial charge >= 0.3 is 0 Å². The molecule has 2 heterocycles. The Balaban J connectivity index is 0.00000225. The predicted octanol–water partition coefficient (Wildman–Crippen LogP) is 2.70. The number of hydrogen-bond acceptors (Lipinski definition) is 4. The molecule has 2 saturated heterocycles. The summed E-state index contributed by atoms with van der Waals surface area (Å²) < 4.78 is 5.80. The van der Waals surface area contributed by atoms with Gasteiger partial charge in [-0.3, -0.25) is 9.89 Å². The normalized spacial score (nSPS) is 30.0. The Bertz CT molecular complexity index is 441. The van der Waals surface area contributed by atoms with Gasteiger partial charge in [-0.25, -0.2) is 0 Å². The predicted molar refractivity (Wildman–Crippen MR) is 118 cm³/mol. The highest BCUT2D eigenvalue weighted by Gasteiger charge is 2.39. The maximum absolute atomic E-state index is 5.54. The zero-order valence-corrected chi connectivity index (χ0v) is 19.1. The van der Waals surface area contributed by atoms with Crippen LogP contribution in [0.2, 0.25) is 0 Å². The van der Waals surface area contributed by atoms with Crippen molar-refractivity contribution in [2.75, 3.05) is 39.1 Å². The van der Waals surface area contributed by atoms with Crippen molar-refractivity contribution in [2.45, 2.75) is 68.8 Å². The molecule has 5 nitrogen and oxygen atoms in total. The van der Waals surface area contributed by atoms with Crippen LogP contribution in [-0.2, 0) is 4.74 Å². The van der Waals surface area contributed by atoms with Gasteiger partial charge in [-0.05, 0) is 52.2 Å². The second kappa shape index (κ2) is 9.99. The van der Waals surface area contributed by atoms with Gasteiger partial charge in [0.2, 0.25) is 0 Å². The highest BCUT2D eigenvalue weighted by atomic mass is 127. The number of thioether (sulfide) groups is 1. The lowest BCUT2D eigenvalue weighted by Gasteiger charge is -2.34. The molecule has 0 radical (unpaired) electrons. The molecule has 7 heteroatoms. The molecule has 0 spiro atoms. The Morgan fingerprint density at radius 1 is 1.32 bits per heavy atom. The zero-order valence-electron chi connectivity index (χ0n) is 15.9. The number of halogens is 1. The minimum Gasteiger partial charge on any atom is -0.381 e. The molecular weight excluding hydrogens is 447 g/mol. The van der Waals surface area contributed by atoms with E-state index in [9.17, 15) is 0 Å². The summed E-state index contributed by atoms with van der Waals surface area (Å²) in [6, 6.07) is 2.08. The van der Waals surface area contributed by atoms with E-state index in [0.717, 1.165) is 57.7 Å².